The van der Waals surface area contributed by atoms with Crippen LogP contribution < -0.4 is 21.3 Å². The maximum atomic E-state index is 14.0. The smallest absolute Gasteiger partial charge is 0.330 e. The van der Waals surface area contributed by atoms with Gasteiger partial charge in [-0.05, 0) is 77.6 Å². The molecule has 242 valence electrons. The van der Waals surface area contributed by atoms with E-state index in [1.54, 1.807) is 32.9 Å². The van der Waals surface area contributed by atoms with Crippen molar-refractivity contribution in [2.75, 3.05) is 24.6 Å². The third-order valence-electron chi connectivity index (χ3n) is 8.68. The molecule has 44 heavy (non-hydrogen) atoms. The number of rotatable bonds is 5. The molecule has 3 aliphatic rings. The number of phenolic OH excluding ortho intramolecular Hbond substituents is 1. The average molecular weight is 649 g/mol. The number of esters is 1. The van der Waals surface area contributed by atoms with E-state index in [0.717, 1.165) is 18.4 Å². The van der Waals surface area contributed by atoms with Crippen molar-refractivity contribution in [3.63, 3.8) is 0 Å². The highest BCUT2D eigenvalue weighted by molar-refractivity contribution is 8.76. The highest BCUT2D eigenvalue weighted by Gasteiger charge is 2.54. The summed E-state index contributed by atoms with van der Waals surface area (Å²) in [5.41, 5.74) is -2.28. The van der Waals surface area contributed by atoms with Gasteiger partial charge in [-0.3, -0.25) is 24.5 Å². The van der Waals surface area contributed by atoms with E-state index in [4.69, 9.17) is 4.74 Å². The molecule has 3 fully saturated rings. The molecule has 0 bridgehead atoms. The number of phenols is 1. The van der Waals surface area contributed by atoms with Gasteiger partial charge in [0.15, 0.2) is 11.3 Å². The maximum absolute atomic E-state index is 14.0. The van der Waals surface area contributed by atoms with Crippen molar-refractivity contribution in [3.05, 3.63) is 29.8 Å². The van der Waals surface area contributed by atoms with E-state index in [-0.39, 0.29) is 35.5 Å². The van der Waals surface area contributed by atoms with Crippen molar-refractivity contribution in [1.29, 1.82) is 0 Å². The van der Waals surface area contributed by atoms with Crippen molar-refractivity contribution in [2.45, 2.75) is 95.4 Å². The number of aromatic hydroxyl groups is 1. The third-order valence-corrected chi connectivity index (χ3v) is 11.1. The van der Waals surface area contributed by atoms with Crippen molar-refractivity contribution in [3.8, 4) is 5.75 Å². The number of hydrogen-bond donors (Lipinski definition) is 5. The van der Waals surface area contributed by atoms with Gasteiger partial charge in [0.05, 0.1) is 5.41 Å². The Balaban J connectivity index is 1.55. The topological polar surface area (TPSA) is 163 Å². The zero-order valence-electron chi connectivity index (χ0n) is 25.8. The predicted molar refractivity (Wildman–Crippen MR) is 170 cm³/mol. The van der Waals surface area contributed by atoms with Gasteiger partial charge in [0.2, 0.25) is 17.7 Å². The number of carbonyl (C=O) groups is 5. The van der Waals surface area contributed by atoms with E-state index in [1.165, 1.54) is 40.6 Å². The van der Waals surface area contributed by atoms with Gasteiger partial charge in [-0.15, -0.1) is 0 Å². The van der Waals surface area contributed by atoms with E-state index < -0.39 is 52.3 Å². The molecule has 1 aromatic rings. The van der Waals surface area contributed by atoms with Crippen LogP contribution in [0.3, 0.4) is 0 Å². The molecule has 4 rings (SSSR count). The second-order valence-corrected chi connectivity index (χ2v) is 15.5. The molecule has 0 aromatic heterocycles. The van der Waals surface area contributed by atoms with E-state index in [9.17, 15) is 29.1 Å². The standard InChI is InChI=1S/C31H44N4O7S2/c1-19(36)31(22(11-15-33-31)20-7-9-21(37)10-8-20)28(41)34-23-17-43-44-18-24(26(39)42-29(2,3)4)35-27(40)30(12-5-6-13-30)14-16-32-25(23)38/h7-10,22-24,33,37H,5-6,11-18H2,1-4H3,(H,32,38)(H,34,41)(H,35,40)/t22-,23+,24+,31-/m1/s1. The minimum absolute atomic E-state index is 0.0815. The largest absolute Gasteiger partial charge is 0.508 e. The van der Waals surface area contributed by atoms with Gasteiger partial charge in [-0.25, -0.2) is 4.79 Å². The summed E-state index contributed by atoms with van der Waals surface area (Å²) in [6.07, 6.45) is 3.99. The molecule has 2 saturated heterocycles. The predicted octanol–water partition coefficient (Wildman–Crippen LogP) is 2.57. The number of ketones is 1. The SMILES string of the molecule is CC(=O)[C@@]1(C(=O)N[C@H]2CSSC[C@@H](C(=O)OC(C)(C)C)NC(=O)C3(CCCC3)CCNC2=O)NCC[C@@H]1c1ccc(O)cc1. The molecule has 1 spiro atoms. The van der Waals surface area contributed by atoms with Crippen LogP contribution in [0.1, 0.15) is 77.7 Å². The summed E-state index contributed by atoms with van der Waals surface area (Å²) in [5, 5.41) is 21.6. The van der Waals surface area contributed by atoms with Crippen LogP contribution in [0.2, 0.25) is 0 Å². The Hall–Kier alpha value is -2.77. The summed E-state index contributed by atoms with van der Waals surface area (Å²) < 4.78 is 5.61. The third kappa shape index (κ3) is 7.71. The van der Waals surface area contributed by atoms with Gasteiger partial charge in [0.25, 0.3) is 0 Å². The Kier molecular flexibility index (Phi) is 10.9. The molecule has 0 radical (unpaired) electrons. The van der Waals surface area contributed by atoms with Gasteiger partial charge in [0.1, 0.15) is 23.4 Å². The monoisotopic (exact) mass is 648 g/mol. The second-order valence-electron chi connectivity index (χ2n) is 12.9. The lowest BCUT2D eigenvalue weighted by Crippen LogP contribution is -2.64. The first kappa shape index (κ1) is 34.1. The summed E-state index contributed by atoms with van der Waals surface area (Å²) >= 11 is 0. The maximum Gasteiger partial charge on any atom is 0.330 e. The Morgan fingerprint density at radius 3 is 2.30 bits per heavy atom. The second kappa shape index (κ2) is 14.1. The Bertz CT molecular complexity index is 1250. The van der Waals surface area contributed by atoms with Gasteiger partial charge in [-0.2, -0.15) is 0 Å². The Morgan fingerprint density at radius 2 is 1.66 bits per heavy atom. The van der Waals surface area contributed by atoms with Crippen molar-refractivity contribution >= 4 is 51.1 Å². The molecule has 11 nitrogen and oxygen atoms in total. The molecule has 0 unspecified atom stereocenters. The quantitative estimate of drug-likeness (QED) is 0.182. The van der Waals surface area contributed by atoms with Crippen molar-refractivity contribution in [1.82, 2.24) is 21.3 Å². The number of hydrogen-bond acceptors (Lipinski definition) is 10. The lowest BCUT2D eigenvalue weighted by Gasteiger charge is -2.33. The summed E-state index contributed by atoms with van der Waals surface area (Å²) in [6, 6.07) is 4.60. The lowest BCUT2D eigenvalue weighted by atomic mass is 9.77. The van der Waals surface area contributed by atoms with Crippen LogP contribution in [-0.2, 0) is 28.7 Å². The number of amides is 3. The first-order valence-electron chi connectivity index (χ1n) is 15.2. The van der Waals surface area contributed by atoms with E-state index in [0.29, 0.717) is 32.2 Å². The number of carbonyl (C=O) groups excluding carboxylic acids is 5. The van der Waals surface area contributed by atoms with Gasteiger partial charge in [0, 0.05) is 24.0 Å². The summed E-state index contributed by atoms with van der Waals surface area (Å²) in [7, 11) is 2.59. The molecule has 5 N–H and O–H groups in total. The molecule has 3 amide bonds. The normalized spacial score (nSPS) is 28.1. The van der Waals surface area contributed by atoms with Crippen molar-refractivity contribution in [2.24, 2.45) is 5.41 Å². The molecule has 1 aromatic carbocycles. The Labute approximate surface area is 266 Å². The van der Waals surface area contributed by atoms with Crippen LogP contribution in [0.15, 0.2) is 24.3 Å². The van der Waals surface area contributed by atoms with E-state index in [1.807, 2.05) is 0 Å². The number of nitrogens with one attached hydrogen (secondary N) is 4. The summed E-state index contributed by atoms with van der Waals surface area (Å²) in [6.45, 7) is 7.33. The van der Waals surface area contributed by atoms with Gasteiger partial charge < -0.3 is 25.8 Å². The number of ether oxygens (including phenoxy) is 1. The van der Waals surface area contributed by atoms with E-state index in [2.05, 4.69) is 21.3 Å². The molecule has 13 heteroatoms. The fourth-order valence-corrected chi connectivity index (χ4v) is 8.69. The minimum Gasteiger partial charge on any atom is -0.508 e. The summed E-state index contributed by atoms with van der Waals surface area (Å²) in [5.74, 6) is -2.11. The van der Waals surface area contributed by atoms with Crippen LogP contribution >= 0.6 is 21.6 Å². The fraction of sp³-hybridized carbons (Fsp3) is 0.645. The van der Waals surface area contributed by atoms with Crippen LogP contribution in [0.4, 0.5) is 0 Å². The van der Waals surface area contributed by atoms with Crippen LogP contribution in [0.25, 0.3) is 0 Å². The molecule has 2 heterocycles. The molecule has 4 atom stereocenters. The fourth-order valence-electron chi connectivity index (χ4n) is 6.38. The van der Waals surface area contributed by atoms with Crippen molar-refractivity contribution < 1.29 is 33.8 Å². The van der Waals surface area contributed by atoms with Crippen LogP contribution in [0.5, 0.6) is 5.75 Å². The van der Waals surface area contributed by atoms with E-state index >= 15 is 0 Å². The number of benzene rings is 1. The molecule has 1 saturated carbocycles. The van der Waals surface area contributed by atoms with Crippen LogP contribution in [-0.4, -0.2) is 82.4 Å². The Morgan fingerprint density at radius 1 is 1.00 bits per heavy atom. The highest BCUT2D eigenvalue weighted by Crippen LogP contribution is 2.42. The molecular weight excluding hydrogens is 604 g/mol. The number of Topliss-reactive ketones (excluding diaryl/α,β-unsaturated/α-hetero) is 1. The highest BCUT2D eigenvalue weighted by atomic mass is 33.1. The first-order chi connectivity index (χ1) is 20.8. The zero-order chi connectivity index (χ0) is 32.1. The summed E-state index contributed by atoms with van der Waals surface area (Å²) in [4.78, 5) is 67.2. The molecule has 2 aliphatic heterocycles. The zero-order valence-corrected chi connectivity index (χ0v) is 27.5. The molecule has 1 aliphatic carbocycles. The average Bonchev–Trinajstić information content (AvgIpc) is 3.62. The van der Waals surface area contributed by atoms with Gasteiger partial charge in [-0.1, -0.05) is 46.6 Å². The minimum atomic E-state index is -1.58. The molecular formula is C31H44N4O7S2. The van der Waals surface area contributed by atoms with Crippen LogP contribution in [0, 0.1) is 5.41 Å². The van der Waals surface area contributed by atoms with Gasteiger partial charge >= 0.3 is 5.97 Å². The lowest BCUT2D eigenvalue weighted by molar-refractivity contribution is -0.158. The first-order valence-corrected chi connectivity index (χ1v) is 17.7.